The predicted octanol–water partition coefficient (Wildman–Crippen LogP) is 3.40. The maximum atomic E-state index is 12.7. The van der Waals surface area contributed by atoms with Crippen LogP contribution in [0.2, 0.25) is 5.02 Å². The van der Waals surface area contributed by atoms with Crippen molar-refractivity contribution in [3.8, 4) is 0 Å². The first-order valence-electron chi connectivity index (χ1n) is 7.76. The standard InChI is InChI=1S/C19H20ClNO2/c1-18(23,14-6-3-2-4-7-14)13-21-17(22)19(10-11-19)15-8-5-9-16(20)12-15/h2-9,12,23H,10-11,13H2,1H3,(H,21,22). The van der Waals surface area contributed by atoms with E-state index in [-0.39, 0.29) is 12.5 Å². The van der Waals surface area contributed by atoms with Gasteiger partial charge in [-0.25, -0.2) is 0 Å². The van der Waals surface area contributed by atoms with Crippen molar-refractivity contribution in [1.29, 1.82) is 0 Å². The molecule has 0 aromatic heterocycles. The average Bonchev–Trinajstić information content (AvgIpc) is 3.35. The molecule has 23 heavy (non-hydrogen) atoms. The van der Waals surface area contributed by atoms with Crippen LogP contribution >= 0.6 is 11.6 Å². The van der Waals surface area contributed by atoms with Crippen molar-refractivity contribution in [3.63, 3.8) is 0 Å². The van der Waals surface area contributed by atoms with Gasteiger partial charge in [0, 0.05) is 5.02 Å². The van der Waals surface area contributed by atoms with Gasteiger partial charge in [-0.15, -0.1) is 0 Å². The first-order chi connectivity index (χ1) is 10.9. The Kier molecular flexibility index (Phi) is 4.17. The Hall–Kier alpha value is -1.84. The summed E-state index contributed by atoms with van der Waals surface area (Å²) in [5.41, 5.74) is 0.147. The largest absolute Gasteiger partial charge is 0.384 e. The SMILES string of the molecule is CC(O)(CNC(=O)C1(c2cccc(Cl)c2)CC1)c1ccccc1. The van der Waals surface area contributed by atoms with Gasteiger partial charge in [-0.3, -0.25) is 4.79 Å². The molecule has 0 aliphatic heterocycles. The van der Waals surface area contributed by atoms with Gasteiger partial charge in [0.15, 0.2) is 0 Å². The molecule has 4 heteroatoms. The highest BCUT2D eigenvalue weighted by Crippen LogP contribution is 2.48. The molecular weight excluding hydrogens is 310 g/mol. The Labute approximate surface area is 141 Å². The predicted molar refractivity (Wildman–Crippen MR) is 91.4 cm³/mol. The van der Waals surface area contributed by atoms with Crippen molar-refractivity contribution in [1.82, 2.24) is 5.32 Å². The lowest BCUT2D eigenvalue weighted by molar-refractivity contribution is -0.124. The van der Waals surface area contributed by atoms with Gasteiger partial charge in [-0.2, -0.15) is 0 Å². The summed E-state index contributed by atoms with van der Waals surface area (Å²) in [5.74, 6) is -0.0454. The van der Waals surface area contributed by atoms with Crippen LogP contribution in [0.4, 0.5) is 0 Å². The molecule has 120 valence electrons. The number of benzene rings is 2. The minimum absolute atomic E-state index is 0.0454. The molecule has 0 saturated heterocycles. The highest BCUT2D eigenvalue weighted by atomic mass is 35.5. The lowest BCUT2D eigenvalue weighted by Crippen LogP contribution is -2.43. The number of hydrogen-bond acceptors (Lipinski definition) is 2. The van der Waals surface area contributed by atoms with E-state index in [0.29, 0.717) is 5.02 Å². The Balaban J connectivity index is 1.70. The number of amides is 1. The number of carbonyl (C=O) groups excluding carboxylic acids is 1. The van der Waals surface area contributed by atoms with E-state index in [1.54, 1.807) is 13.0 Å². The fourth-order valence-electron chi connectivity index (χ4n) is 2.88. The third-order valence-electron chi connectivity index (χ3n) is 4.55. The lowest BCUT2D eigenvalue weighted by Gasteiger charge is -2.26. The minimum atomic E-state index is -1.10. The summed E-state index contributed by atoms with van der Waals surface area (Å²) in [5, 5.41) is 14.1. The highest BCUT2D eigenvalue weighted by molar-refractivity contribution is 6.30. The molecule has 1 aliphatic rings. The maximum Gasteiger partial charge on any atom is 0.230 e. The van der Waals surface area contributed by atoms with Crippen LogP contribution in [-0.2, 0) is 15.8 Å². The van der Waals surface area contributed by atoms with Crippen molar-refractivity contribution in [3.05, 3.63) is 70.7 Å². The van der Waals surface area contributed by atoms with Crippen LogP contribution < -0.4 is 5.32 Å². The van der Waals surface area contributed by atoms with Gasteiger partial charge in [0.25, 0.3) is 0 Å². The molecule has 1 fully saturated rings. The average molecular weight is 330 g/mol. The molecule has 1 unspecified atom stereocenters. The first kappa shape index (κ1) is 16.0. The van der Waals surface area contributed by atoms with Crippen molar-refractivity contribution in [2.45, 2.75) is 30.8 Å². The molecule has 1 aliphatic carbocycles. The normalized spacial score (nSPS) is 18.0. The molecular formula is C19H20ClNO2. The summed E-state index contributed by atoms with van der Waals surface area (Å²) in [7, 11) is 0. The van der Waals surface area contributed by atoms with E-state index in [2.05, 4.69) is 5.32 Å². The van der Waals surface area contributed by atoms with Gasteiger partial charge in [0.05, 0.1) is 12.0 Å². The van der Waals surface area contributed by atoms with Crippen LogP contribution in [0.5, 0.6) is 0 Å². The third kappa shape index (κ3) is 3.26. The second-order valence-electron chi connectivity index (χ2n) is 6.42. The van der Waals surface area contributed by atoms with E-state index in [1.807, 2.05) is 48.5 Å². The minimum Gasteiger partial charge on any atom is -0.384 e. The fraction of sp³-hybridized carbons (Fsp3) is 0.316. The molecule has 2 aromatic carbocycles. The molecule has 0 heterocycles. The third-order valence-corrected chi connectivity index (χ3v) is 4.79. The van der Waals surface area contributed by atoms with E-state index >= 15 is 0 Å². The van der Waals surface area contributed by atoms with Crippen LogP contribution in [0.15, 0.2) is 54.6 Å². The molecule has 1 amide bonds. The van der Waals surface area contributed by atoms with Crippen molar-refractivity contribution >= 4 is 17.5 Å². The lowest BCUT2D eigenvalue weighted by atomic mass is 9.93. The number of nitrogens with one attached hydrogen (secondary N) is 1. The second kappa shape index (κ2) is 5.99. The summed E-state index contributed by atoms with van der Waals surface area (Å²) in [6, 6.07) is 16.8. The number of rotatable bonds is 5. The number of carbonyl (C=O) groups is 1. The van der Waals surface area contributed by atoms with E-state index < -0.39 is 11.0 Å². The summed E-state index contributed by atoms with van der Waals surface area (Å²) >= 11 is 6.04. The number of hydrogen-bond donors (Lipinski definition) is 2. The Morgan fingerprint density at radius 2 is 1.91 bits per heavy atom. The molecule has 0 bridgehead atoms. The van der Waals surface area contributed by atoms with Gasteiger partial charge < -0.3 is 10.4 Å². The highest BCUT2D eigenvalue weighted by Gasteiger charge is 2.51. The van der Waals surface area contributed by atoms with Gasteiger partial charge in [0.2, 0.25) is 5.91 Å². The zero-order valence-electron chi connectivity index (χ0n) is 13.1. The Morgan fingerprint density at radius 3 is 2.52 bits per heavy atom. The van der Waals surface area contributed by atoms with Gasteiger partial charge in [0.1, 0.15) is 5.60 Å². The quantitative estimate of drug-likeness (QED) is 0.883. The molecule has 3 rings (SSSR count). The van der Waals surface area contributed by atoms with Gasteiger partial charge >= 0.3 is 0 Å². The van der Waals surface area contributed by atoms with Crippen molar-refractivity contribution < 1.29 is 9.90 Å². The smallest absolute Gasteiger partial charge is 0.230 e. The Morgan fingerprint density at radius 1 is 1.22 bits per heavy atom. The summed E-state index contributed by atoms with van der Waals surface area (Å²) in [4.78, 5) is 12.7. The number of aliphatic hydroxyl groups is 1. The first-order valence-corrected chi connectivity index (χ1v) is 8.14. The maximum absolute atomic E-state index is 12.7. The van der Waals surface area contributed by atoms with Crippen LogP contribution in [0.25, 0.3) is 0 Å². The topological polar surface area (TPSA) is 49.3 Å². The Bertz CT molecular complexity index is 708. The van der Waals surface area contributed by atoms with E-state index in [4.69, 9.17) is 11.6 Å². The monoisotopic (exact) mass is 329 g/mol. The van der Waals surface area contributed by atoms with Gasteiger partial charge in [-0.1, -0.05) is 54.1 Å². The molecule has 0 spiro atoms. The van der Waals surface area contributed by atoms with Crippen molar-refractivity contribution in [2.24, 2.45) is 0 Å². The second-order valence-corrected chi connectivity index (χ2v) is 6.85. The molecule has 2 N–H and O–H groups in total. The molecule has 1 atom stereocenters. The number of halogens is 1. The van der Waals surface area contributed by atoms with Crippen LogP contribution in [0, 0.1) is 0 Å². The van der Waals surface area contributed by atoms with E-state index in [9.17, 15) is 9.90 Å². The van der Waals surface area contributed by atoms with Gasteiger partial charge in [-0.05, 0) is 43.0 Å². The molecule has 3 nitrogen and oxygen atoms in total. The molecule has 2 aromatic rings. The molecule has 1 saturated carbocycles. The summed E-state index contributed by atoms with van der Waals surface area (Å²) in [6.07, 6.45) is 1.62. The van der Waals surface area contributed by atoms with E-state index in [0.717, 1.165) is 24.0 Å². The zero-order chi connectivity index (χ0) is 16.5. The summed E-state index contributed by atoms with van der Waals surface area (Å²) in [6.45, 7) is 1.89. The van der Waals surface area contributed by atoms with Crippen LogP contribution in [0.1, 0.15) is 30.9 Å². The van der Waals surface area contributed by atoms with Crippen LogP contribution in [0.3, 0.4) is 0 Å². The van der Waals surface area contributed by atoms with Crippen molar-refractivity contribution in [2.75, 3.05) is 6.54 Å². The fourth-order valence-corrected chi connectivity index (χ4v) is 3.07. The van der Waals surface area contributed by atoms with Crippen LogP contribution in [-0.4, -0.2) is 17.6 Å². The molecule has 0 radical (unpaired) electrons. The zero-order valence-corrected chi connectivity index (χ0v) is 13.8. The summed E-state index contributed by atoms with van der Waals surface area (Å²) < 4.78 is 0. The van der Waals surface area contributed by atoms with E-state index in [1.165, 1.54) is 0 Å².